The van der Waals surface area contributed by atoms with Crippen molar-refractivity contribution < 1.29 is 0 Å². The molecule has 216 valence electrons. The number of hydrogen-bond acceptors (Lipinski definition) is 2. The molecule has 0 aliphatic carbocycles. The molecule has 0 aliphatic rings. The summed E-state index contributed by atoms with van der Waals surface area (Å²) < 4.78 is 0. The summed E-state index contributed by atoms with van der Waals surface area (Å²) in [4.78, 5) is 0. The van der Waals surface area contributed by atoms with Crippen molar-refractivity contribution in [1.29, 1.82) is 0 Å². The molecule has 41 heavy (non-hydrogen) atoms. The van der Waals surface area contributed by atoms with Crippen LogP contribution in [0.15, 0.2) is 84.9 Å². The van der Waals surface area contributed by atoms with Gasteiger partial charge in [-0.15, -0.1) is 0 Å². The number of benzene rings is 4. The quantitative estimate of drug-likeness (QED) is 0.109. The van der Waals surface area contributed by atoms with Crippen molar-refractivity contribution in [2.45, 2.75) is 97.3 Å². The first-order valence-electron chi connectivity index (χ1n) is 15.9. The Labute approximate surface area is 249 Å². The number of unbranched alkanes of at least 4 members (excludes halogenated alkanes) is 4. The molecule has 4 aromatic carbocycles. The molecule has 2 heteroatoms. The van der Waals surface area contributed by atoms with Gasteiger partial charge in [0.2, 0.25) is 0 Å². The normalized spacial score (nSPS) is 11.2. The molecule has 0 bridgehead atoms. The van der Waals surface area contributed by atoms with Gasteiger partial charge in [-0.2, -0.15) is 0 Å². The zero-order valence-electron chi connectivity index (χ0n) is 25.4. The van der Waals surface area contributed by atoms with Crippen LogP contribution in [0.4, 0.5) is 11.4 Å². The number of rotatable bonds is 16. The van der Waals surface area contributed by atoms with E-state index in [0.717, 1.165) is 24.2 Å². The Morgan fingerprint density at radius 3 is 1.17 bits per heavy atom. The second-order valence-corrected chi connectivity index (χ2v) is 11.8. The fourth-order valence-corrected chi connectivity index (χ4v) is 5.76. The van der Waals surface area contributed by atoms with Gasteiger partial charge in [-0.25, -0.2) is 0 Å². The summed E-state index contributed by atoms with van der Waals surface area (Å²) in [7, 11) is 0. The van der Waals surface area contributed by atoms with E-state index in [0.29, 0.717) is 0 Å². The molecule has 0 saturated carbocycles. The molecule has 0 radical (unpaired) electrons. The van der Waals surface area contributed by atoms with Crippen molar-refractivity contribution in [3.63, 3.8) is 0 Å². The maximum Gasteiger partial charge on any atom is 0.0314 e. The first kappa shape index (κ1) is 30.4. The molecule has 0 amide bonds. The van der Waals surface area contributed by atoms with Gasteiger partial charge in [-0.05, 0) is 133 Å². The molecule has 2 nitrogen and oxygen atoms in total. The molecule has 4 aromatic rings. The highest BCUT2D eigenvalue weighted by molar-refractivity contribution is 5.43. The fraction of sp³-hybridized carbons (Fsp3) is 0.385. The number of anilines is 2. The van der Waals surface area contributed by atoms with E-state index in [-0.39, 0.29) is 0 Å². The first-order valence-corrected chi connectivity index (χ1v) is 15.9. The molecule has 0 saturated heterocycles. The van der Waals surface area contributed by atoms with Gasteiger partial charge in [0.25, 0.3) is 0 Å². The molecule has 0 atom stereocenters. The fourth-order valence-electron chi connectivity index (χ4n) is 5.76. The van der Waals surface area contributed by atoms with Crippen molar-refractivity contribution in [2.24, 2.45) is 0 Å². The Hall–Kier alpha value is -3.52. The van der Waals surface area contributed by atoms with E-state index in [2.05, 4.69) is 74.5 Å². The minimum atomic E-state index is 0.832. The molecule has 0 aliphatic heterocycles. The van der Waals surface area contributed by atoms with Gasteiger partial charge < -0.3 is 11.5 Å². The van der Waals surface area contributed by atoms with Gasteiger partial charge in [0, 0.05) is 11.4 Å². The van der Waals surface area contributed by atoms with Gasteiger partial charge in [0.1, 0.15) is 0 Å². The Kier molecular flexibility index (Phi) is 11.9. The first-order chi connectivity index (χ1) is 20.0. The number of nitrogens with two attached hydrogens (primary N) is 2. The Morgan fingerprint density at radius 2 is 0.780 bits per heavy atom. The maximum absolute atomic E-state index is 5.89. The van der Waals surface area contributed by atoms with Crippen LogP contribution in [-0.2, 0) is 38.5 Å². The van der Waals surface area contributed by atoms with Crippen LogP contribution in [0.1, 0.15) is 103 Å². The van der Waals surface area contributed by atoms with E-state index in [1.165, 1.54) is 115 Å². The monoisotopic (exact) mass is 546 g/mol. The van der Waals surface area contributed by atoms with Crippen LogP contribution in [0.5, 0.6) is 0 Å². The van der Waals surface area contributed by atoms with E-state index in [4.69, 9.17) is 11.5 Å². The molecule has 0 spiro atoms. The van der Waals surface area contributed by atoms with Crippen LogP contribution in [0, 0.1) is 0 Å². The molecule has 4 N–H and O–H groups in total. The topological polar surface area (TPSA) is 52.0 Å². The van der Waals surface area contributed by atoms with Crippen molar-refractivity contribution in [1.82, 2.24) is 0 Å². The minimum Gasteiger partial charge on any atom is -0.399 e. The van der Waals surface area contributed by atoms with Crippen LogP contribution in [0.25, 0.3) is 0 Å². The van der Waals surface area contributed by atoms with Crippen molar-refractivity contribution in [3.8, 4) is 0 Å². The van der Waals surface area contributed by atoms with Crippen molar-refractivity contribution in [2.75, 3.05) is 11.5 Å². The molecule has 4 rings (SSSR count). The van der Waals surface area contributed by atoms with Gasteiger partial charge in [0.05, 0.1) is 0 Å². The van der Waals surface area contributed by atoms with E-state index in [9.17, 15) is 0 Å². The third kappa shape index (κ3) is 9.81. The average molecular weight is 547 g/mol. The molecule has 0 aromatic heterocycles. The van der Waals surface area contributed by atoms with Crippen molar-refractivity contribution in [3.05, 3.63) is 129 Å². The van der Waals surface area contributed by atoms with Crippen LogP contribution >= 0.6 is 0 Å². The van der Waals surface area contributed by atoms with Crippen LogP contribution in [0.3, 0.4) is 0 Å². The van der Waals surface area contributed by atoms with Gasteiger partial charge in [0.15, 0.2) is 0 Å². The predicted molar refractivity (Wildman–Crippen MR) is 179 cm³/mol. The van der Waals surface area contributed by atoms with Crippen LogP contribution in [-0.4, -0.2) is 0 Å². The highest BCUT2D eigenvalue weighted by Gasteiger charge is 2.08. The third-order valence-corrected chi connectivity index (χ3v) is 8.32. The molecular weight excluding hydrogens is 496 g/mol. The second kappa shape index (κ2) is 16.1. The number of aryl methyl sites for hydroxylation is 4. The lowest BCUT2D eigenvalue weighted by molar-refractivity contribution is 0.676. The van der Waals surface area contributed by atoms with Crippen LogP contribution < -0.4 is 11.5 Å². The van der Waals surface area contributed by atoms with E-state index < -0.39 is 0 Å². The van der Waals surface area contributed by atoms with Crippen LogP contribution in [0.2, 0.25) is 0 Å². The SMILES string of the molecule is CCCCc1cc(CCCCCc2ccc(Cc3ccc(N)cc3)c(CCCC)c2)ccc1Cc1ccc(N)cc1. The maximum atomic E-state index is 5.89. The lowest BCUT2D eigenvalue weighted by atomic mass is 9.92. The van der Waals surface area contributed by atoms with Crippen molar-refractivity contribution >= 4 is 11.4 Å². The summed E-state index contributed by atoms with van der Waals surface area (Å²) in [6.07, 6.45) is 15.4. The summed E-state index contributed by atoms with van der Waals surface area (Å²) in [5.41, 5.74) is 25.1. The summed E-state index contributed by atoms with van der Waals surface area (Å²) >= 11 is 0. The largest absolute Gasteiger partial charge is 0.399 e. The van der Waals surface area contributed by atoms with Gasteiger partial charge in [-0.3, -0.25) is 0 Å². The van der Waals surface area contributed by atoms with E-state index in [1.54, 1.807) is 0 Å². The zero-order chi connectivity index (χ0) is 28.9. The molecule has 0 heterocycles. The zero-order valence-corrected chi connectivity index (χ0v) is 25.4. The highest BCUT2D eigenvalue weighted by atomic mass is 14.5. The summed E-state index contributed by atoms with van der Waals surface area (Å²) in [5, 5.41) is 0. The summed E-state index contributed by atoms with van der Waals surface area (Å²) in [6, 6.07) is 31.1. The summed E-state index contributed by atoms with van der Waals surface area (Å²) in [6.45, 7) is 4.56. The Bertz CT molecular complexity index is 1230. The Morgan fingerprint density at radius 1 is 0.390 bits per heavy atom. The molecule has 0 unspecified atom stereocenters. The number of nitrogen functional groups attached to an aromatic ring is 2. The van der Waals surface area contributed by atoms with Gasteiger partial charge in [-0.1, -0.05) is 93.8 Å². The van der Waals surface area contributed by atoms with Gasteiger partial charge >= 0.3 is 0 Å². The molecular formula is C39H50N2. The van der Waals surface area contributed by atoms with E-state index in [1.807, 2.05) is 24.3 Å². The van der Waals surface area contributed by atoms with E-state index >= 15 is 0 Å². The molecule has 0 fully saturated rings. The lowest BCUT2D eigenvalue weighted by Crippen LogP contribution is -2.00. The average Bonchev–Trinajstić information content (AvgIpc) is 2.99. The highest BCUT2D eigenvalue weighted by Crippen LogP contribution is 2.23. The Balaban J connectivity index is 1.30. The second-order valence-electron chi connectivity index (χ2n) is 11.8. The number of hydrogen-bond donors (Lipinski definition) is 2. The smallest absolute Gasteiger partial charge is 0.0314 e. The summed E-state index contributed by atoms with van der Waals surface area (Å²) in [5.74, 6) is 0. The lowest BCUT2D eigenvalue weighted by Gasteiger charge is -2.13. The standard InChI is InChI=1S/C39H50N2/c1-3-5-12-34-26-30(14-20-36(34)28-32-16-22-38(40)23-17-32)10-8-7-9-11-31-15-21-37(35(27-31)13-6-4-2)29-33-18-24-39(41)25-19-33/h14-27H,3-13,28-29,40-41H2,1-2H3. The minimum absolute atomic E-state index is 0.832. The predicted octanol–water partition coefficient (Wildman–Crippen LogP) is 9.67. The third-order valence-electron chi connectivity index (χ3n) is 8.32.